The monoisotopic (exact) mass is 266 g/mol. The first-order chi connectivity index (χ1) is 8.17. The third kappa shape index (κ3) is 2.93. The predicted octanol–water partition coefficient (Wildman–Crippen LogP) is 1.32. The van der Waals surface area contributed by atoms with Gasteiger partial charge < -0.3 is 5.11 Å². The summed E-state index contributed by atoms with van der Waals surface area (Å²) < 4.78 is 37.3. The first-order valence-corrected chi connectivity index (χ1v) is 5.30. The molecule has 0 bridgehead atoms. The molecule has 1 aromatic heterocycles. The van der Waals surface area contributed by atoms with Crippen molar-refractivity contribution in [1.82, 2.24) is 9.55 Å². The fourth-order valence-corrected chi connectivity index (χ4v) is 1.73. The summed E-state index contributed by atoms with van der Waals surface area (Å²) in [4.78, 5) is 24.6. The van der Waals surface area contributed by atoms with Gasteiger partial charge in [-0.3, -0.25) is 14.3 Å². The molecular weight excluding hydrogens is 253 g/mol. The largest absolute Gasteiger partial charge is 0.494 e. The van der Waals surface area contributed by atoms with Gasteiger partial charge in [0.15, 0.2) is 0 Å². The SMILES string of the molecule is CCc1c(O)n(C(C)CC(F)(F)F)c(=O)[nH]c1=O. The molecule has 1 atom stereocenters. The van der Waals surface area contributed by atoms with E-state index in [-0.39, 0.29) is 12.0 Å². The number of H-pyrrole nitrogens is 1. The smallest absolute Gasteiger partial charge is 0.391 e. The van der Waals surface area contributed by atoms with Crippen LogP contribution in [0.25, 0.3) is 0 Å². The van der Waals surface area contributed by atoms with Crippen LogP contribution < -0.4 is 11.2 Å². The van der Waals surface area contributed by atoms with E-state index in [1.54, 1.807) is 6.92 Å². The van der Waals surface area contributed by atoms with E-state index in [1.165, 1.54) is 0 Å². The van der Waals surface area contributed by atoms with E-state index >= 15 is 0 Å². The van der Waals surface area contributed by atoms with Crippen LogP contribution in [0.5, 0.6) is 5.88 Å². The first-order valence-electron chi connectivity index (χ1n) is 5.30. The van der Waals surface area contributed by atoms with E-state index in [2.05, 4.69) is 0 Å². The fraction of sp³-hybridized carbons (Fsp3) is 0.600. The highest BCUT2D eigenvalue weighted by molar-refractivity contribution is 5.22. The van der Waals surface area contributed by atoms with E-state index in [9.17, 15) is 27.9 Å². The Balaban J connectivity index is 3.33. The summed E-state index contributed by atoms with van der Waals surface area (Å²) in [6, 6.07) is -1.29. The second-order valence-corrected chi connectivity index (χ2v) is 3.95. The van der Waals surface area contributed by atoms with Crippen LogP contribution >= 0.6 is 0 Å². The molecule has 0 radical (unpaired) electrons. The number of halogens is 3. The molecular formula is C10H13F3N2O3. The van der Waals surface area contributed by atoms with E-state index in [1.807, 2.05) is 4.98 Å². The number of alkyl halides is 3. The lowest BCUT2D eigenvalue weighted by Gasteiger charge is -2.18. The van der Waals surface area contributed by atoms with Crippen molar-refractivity contribution in [2.45, 2.75) is 38.9 Å². The summed E-state index contributed by atoms with van der Waals surface area (Å²) in [5.74, 6) is -0.706. The Morgan fingerprint density at radius 3 is 2.39 bits per heavy atom. The van der Waals surface area contributed by atoms with Gasteiger partial charge in [0.2, 0.25) is 5.88 Å². The van der Waals surface area contributed by atoms with Crippen molar-refractivity contribution < 1.29 is 18.3 Å². The van der Waals surface area contributed by atoms with E-state index < -0.39 is 35.8 Å². The van der Waals surface area contributed by atoms with Crippen molar-refractivity contribution in [3.05, 3.63) is 26.4 Å². The summed E-state index contributed by atoms with van der Waals surface area (Å²) in [5.41, 5.74) is -1.94. The van der Waals surface area contributed by atoms with E-state index in [4.69, 9.17) is 0 Å². The molecule has 0 aliphatic carbocycles. The van der Waals surface area contributed by atoms with E-state index in [0.717, 1.165) is 6.92 Å². The summed E-state index contributed by atoms with van der Waals surface area (Å²) in [7, 11) is 0. The van der Waals surface area contributed by atoms with Gasteiger partial charge in [0.05, 0.1) is 12.0 Å². The Morgan fingerprint density at radius 2 is 1.94 bits per heavy atom. The summed E-state index contributed by atoms with van der Waals surface area (Å²) in [5, 5.41) is 9.69. The number of hydrogen-bond acceptors (Lipinski definition) is 3. The number of aromatic hydroxyl groups is 1. The normalized spacial score (nSPS) is 13.6. The van der Waals surface area contributed by atoms with Crippen LogP contribution in [0.2, 0.25) is 0 Å². The van der Waals surface area contributed by atoms with Gasteiger partial charge in [-0.15, -0.1) is 0 Å². The Labute approximate surface area is 99.9 Å². The number of hydrogen-bond donors (Lipinski definition) is 2. The molecule has 0 spiro atoms. The molecule has 5 nitrogen and oxygen atoms in total. The average molecular weight is 266 g/mol. The molecule has 2 N–H and O–H groups in total. The van der Waals surface area contributed by atoms with Gasteiger partial charge in [-0.05, 0) is 13.3 Å². The first kappa shape index (κ1) is 14.3. The maximum Gasteiger partial charge on any atom is 0.391 e. The minimum Gasteiger partial charge on any atom is -0.494 e. The van der Waals surface area contributed by atoms with Crippen LogP contribution in [0, 0.1) is 0 Å². The fourth-order valence-electron chi connectivity index (χ4n) is 1.73. The zero-order chi connectivity index (χ0) is 14.1. The molecule has 1 heterocycles. The Hall–Kier alpha value is -1.73. The molecule has 1 aromatic rings. The molecule has 0 saturated carbocycles. The highest BCUT2D eigenvalue weighted by atomic mass is 19.4. The zero-order valence-corrected chi connectivity index (χ0v) is 9.84. The van der Waals surface area contributed by atoms with Gasteiger partial charge in [0.1, 0.15) is 0 Å². The van der Waals surface area contributed by atoms with Gasteiger partial charge in [-0.1, -0.05) is 6.92 Å². The van der Waals surface area contributed by atoms with Gasteiger partial charge >= 0.3 is 11.9 Å². The van der Waals surface area contributed by atoms with Crippen molar-refractivity contribution in [2.75, 3.05) is 0 Å². The molecule has 0 fully saturated rings. The van der Waals surface area contributed by atoms with Crippen LogP contribution in [-0.2, 0) is 6.42 Å². The minimum atomic E-state index is -4.46. The van der Waals surface area contributed by atoms with Crippen molar-refractivity contribution in [1.29, 1.82) is 0 Å². The lowest BCUT2D eigenvalue weighted by atomic mass is 10.2. The second-order valence-electron chi connectivity index (χ2n) is 3.95. The van der Waals surface area contributed by atoms with Crippen LogP contribution in [0.3, 0.4) is 0 Å². The van der Waals surface area contributed by atoms with Crippen LogP contribution in [0.4, 0.5) is 13.2 Å². The average Bonchev–Trinajstić information content (AvgIpc) is 2.13. The van der Waals surface area contributed by atoms with Crippen molar-refractivity contribution >= 4 is 0 Å². The summed E-state index contributed by atoms with van der Waals surface area (Å²) in [6.45, 7) is 2.69. The third-order valence-corrected chi connectivity index (χ3v) is 2.53. The zero-order valence-electron chi connectivity index (χ0n) is 9.84. The summed E-state index contributed by atoms with van der Waals surface area (Å²) in [6.07, 6.45) is -5.62. The quantitative estimate of drug-likeness (QED) is 0.866. The summed E-state index contributed by atoms with van der Waals surface area (Å²) >= 11 is 0. The third-order valence-electron chi connectivity index (χ3n) is 2.53. The van der Waals surface area contributed by atoms with E-state index in [0.29, 0.717) is 4.57 Å². The van der Waals surface area contributed by atoms with Crippen molar-refractivity contribution in [3.63, 3.8) is 0 Å². The second kappa shape index (κ2) is 4.87. The minimum absolute atomic E-state index is 0.108. The molecule has 0 amide bonds. The predicted molar refractivity (Wildman–Crippen MR) is 57.7 cm³/mol. The molecule has 0 aromatic carbocycles. The van der Waals surface area contributed by atoms with Crippen LogP contribution in [-0.4, -0.2) is 20.8 Å². The molecule has 0 aliphatic rings. The van der Waals surface area contributed by atoms with Crippen molar-refractivity contribution in [3.8, 4) is 5.88 Å². The lowest BCUT2D eigenvalue weighted by Crippen LogP contribution is -2.35. The Kier molecular flexibility index (Phi) is 3.88. The number of aromatic amines is 1. The van der Waals surface area contributed by atoms with Crippen LogP contribution in [0.1, 0.15) is 31.9 Å². The number of nitrogens with one attached hydrogen (secondary N) is 1. The molecule has 1 unspecified atom stereocenters. The maximum atomic E-state index is 12.2. The van der Waals surface area contributed by atoms with Gasteiger partial charge in [0, 0.05) is 6.04 Å². The standard InChI is InChI=1S/C10H13F3N2O3/c1-3-6-7(16)14-9(18)15(8(6)17)5(2)4-10(11,12)13/h5,17H,3-4H2,1-2H3,(H,14,16,18). The molecule has 1 rings (SSSR count). The lowest BCUT2D eigenvalue weighted by molar-refractivity contribution is -0.142. The molecule has 8 heteroatoms. The molecule has 0 aliphatic heterocycles. The Bertz CT molecular complexity index is 545. The van der Waals surface area contributed by atoms with Crippen molar-refractivity contribution in [2.24, 2.45) is 0 Å². The highest BCUT2D eigenvalue weighted by Gasteiger charge is 2.32. The number of nitrogens with zero attached hydrogens (tertiary/aromatic N) is 1. The number of rotatable bonds is 3. The van der Waals surface area contributed by atoms with Gasteiger partial charge in [0.25, 0.3) is 5.56 Å². The molecule has 0 saturated heterocycles. The molecule has 102 valence electrons. The van der Waals surface area contributed by atoms with Gasteiger partial charge in [-0.2, -0.15) is 13.2 Å². The number of aromatic nitrogens is 2. The van der Waals surface area contributed by atoms with Crippen LogP contribution in [0.15, 0.2) is 9.59 Å². The molecule has 18 heavy (non-hydrogen) atoms. The topological polar surface area (TPSA) is 75.1 Å². The highest BCUT2D eigenvalue weighted by Crippen LogP contribution is 2.28. The van der Waals surface area contributed by atoms with Gasteiger partial charge in [-0.25, -0.2) is 4.79 Å². The Morgan fingerprint density at radius 1 is 1.39 bits per heavy atom. The maximum absolute atomic E-state index is 12.2.